The highest BCUT2D eigenvalue weighted by molar-refractivity contribution is 5.04. The van der Waals surface area contributed by atoms with E-state index in [1.54, 1.807) is 0 Å². The molecule has 2 nitrogen and oxygen atoms in total. The third kappa shape index (κ3) is 1.86. The van der Waals surface area contributed by atoms with Gasteiger partial charge in [0.1, 0.15) is 0 Å². The van der Waals surface area contributed by atoms with E-state index in [0.29, 0.717) is 32.1 Å². The number of alkyl halides is 2. The van der Waals surface area contributed by atoms with Crippen LogP contribution in [0.4, 0.5) is 8.78 Å². The van der Waals surface area contributed by atoms with Crippen LogP contribution in [0.5, 0.6) is 0 Å². The molecular formula is C12H22F2N2. The first-order valence-corrected chi connectivity index (χ1v) is 6.33. The molecule has 1 spiro atoms. The van der Waals surface area contributed by atoms with Gasteiger partial charge < -0.3 is 5.32 Å². The number of rotatable bonds is 2. The lowest BCUT2D eigenvalue weighted by atomic mass is 9.76. The van der Waals surface area contributed by atoms with Crippen LogP contribution in [0.2, 0.25) is 0 Å². The van der Waals surface area contributed by atoms with Crippen LogP contribution in [0.15, 0.2) is 0 Å². The Morgan fingerprint density at radius 3 is 2.75 bits per heavy atom. The largest absolute Gasteiger partial charge is 0.316 e. The minimum Gasteiger partial charge on any atom is -0.316 e. The summed E-state index contributed by atoms with van der Waals surface area (Å²) in [6.07, 6.45) is 1.67. The van der Waals surface area contributed by atoms with Crippen molar-refractivity contribution in [3.05, 3.63) is 0 Å². The van der Waals surface area contributed by atoms with Crippen LogP contribution < -0.4 is 5.32 Å². The van der Waals surface area contributed by atoms with E-state index in [-0.39, 0.29) is 6.42 Å². The van der Waals surface area contributed by atoms with Crippen molar-refractivity contribution >= 4 is 0 Å². The molecule has 1 unspecified atom stereocenters. The Bertz CT molecular complexity index is 257. The van der Waals surface area contributed by atoms with Crippen LogP contribution in [-0.2, 0) is 0 Å². The van der Waals surface area contributed by atoms with E-state index in [1.165, 1.54) is 0 Å². The molecule has 0 radical (unpaired) electrons. The second-order valence-corrected chi connectivity index (χ2v) is 5.39. The third-order valence-electron chi connectivity index (χ3n) is 4.45. The van der Waals surface area contributed by atoms with Crippen LogP contribution >= 0.6 is 0 Å². The van der Waals surface area contributed by atoms with E-state index in [4.69, 9.17) is 0 Å². The zero-order valence-electron chi connectivity index (χ0n) is 10.2. The topological polar surface area (TPSA) is 15.3 Å². The minimum absolute atomic E-state index is 0.00134. The van der Waals surface area contributed by atoms with Crippen molar-refractivity contribution in [1.82, 2.24) is 10.2 Å². The lowest BCUT2D eigenvalue weighted by Gasteiger charge is -2.41. The summed E-state index contributed by atoms with van der Waals surface area (Å²) in [5.74, 6) is -2.49. The molecule has 0 aromatic rings. The summed E-state index contributed by atoms with van der Waals surface area (Å²) in [5.41, 5.74) is -0.797. The van der Waals surface area contributed by atoms with Crippen molar-refractivity contribution in [2.45, 2.75) is 45.1 Å². The number of likely N-dealkylation sites (tertiary alicyclic amines) is 1. The van der Waals surface area contributed by atoms with Crippen molar-refractivity contribution in [1.29, 1.82) is 0 Å². The first kappa shape index (κ1) is 12.2. The Labute approximate surface area is 96.4 Å². The van der Waals surface area contributed by atoms with Crippen LogP contribution in [0, 0.1) is 5.41 Å². The average molecular weight is 232 g/mol. The lowest BCUT2D eigenvalue weighted by Crippen LogP contribution is -2.55. The summed E-state index contributed by atoms with van der Waals surface area (Å²) in [7, 11) is 0. The van der Waals surface area contributed by atoms with E-state index in [0.717, 1.165) is 13.0 Å². The number of nitrogens with zero attached hydrogens (tertiary/aromatic N) is 1. The molecule has 1 N–H and O–H groups in total. The van der Waals surface area contributed by atoms with Gasteiger partial charge in [-0.05, 0) is 26.3 Å². The summed E-state index contributed by atoms with van der Waals surface area (Å²) >= 11 is 0. The zero-order chi connectivity index (χ0) is 11.8. The molecule has 2 saturated heterocycles. The maximum Gasteiger partial charge on any atom is 0.257 e. The lowest BCUT2D eigenvalue weighted by molar-refractivity contribution is -0.136. The molecule has 2 aliphatic rings. The molecule has 2 rings (SSSR count). The van der Waals surface area contributed by atoms with Crippen LogP contribution in [0.1, 0.15) is 33.1 Å². The predicted octanol–water partition coefficient (Wildman–Crippen LogP) is 2.11. The van der Waals surface area contributed by atoms with Gasteiger partial charge in [0.15, 0.2) is 0 Å². The first-order valence-electron chi connectivity index (χ1n) is 6.33. The van der Waals surface area contributed by atoms with Gasteiger partial charge in [-0.2, -0.15) is 0 Å². The number of hydrogen-bond donors (Lipinski definition) is 1. The molecule has 0 amide bonds. The maximum atomic E-state index is 14.0. The molecule has 94 valence electrons. The Hall–Kier alpha value is -0.220. The van der Waals surface area contributed by atoms with Gasteiger partial charge in [-0.25, -0.2) is 8.78 Å². The number of nitrogens with one attached hydrogen (secondary N) is 1. The first-order chi connectivity index (χ1) is 7.51. The normalized spacial score (nSPS) is 36.8. The van der Waals surface area contributed by atoms with Crippen molar-refractivity contribution in [3.8, 4) is 0 Å². The summed E-state index contributed by atoms with van der Waals surface area (Å²) in [6, 6.07) is 0.428. The zero-order valence-corrected chi connectivity index (χ0v) is 10.2. The Morgan fingerprint density at radius 2 is 2.12 bits per heavy atom. The fourth-order valence-electron chi connectivity index (χ4n) is 2.95. The van der Waals surface area contributed by atoms with E-state index >= 15 is 0 Å². The highest BCUT2D eigenvalue weighted by Gasteiger charge is 2.57. The molecule has 4 heteroatoms. The number of halogens is 2. The molecule has 2 fully saturated rings. The second kappa shape index (κ2) is 4.22. The van der Waals surface area contributed by atoms with Gasteiger partial charge in [0, 0.05) is 32.1 Å². The third-order valence-corrected chi connectivity index (χ3v) is 4.45. The maximum absolute atomic E-state index is 14.0. The SMILES string of the molecule is CCC(C)N1CC[C@@]2(CNCCC2(F)F)C1. The van der Waals surface area contributed by atoms with Gasteiger partial charge in [0.25, 0.3) is 5.92 Å². The van der Waals surface area contributed by atoms with E-state index in [9.17, 15) is 8.78 Å². The summed E-state index contributed by atoms with van der Waals surface area (Å²) in [5, 5.41) is 3.14. The van der Waals surface area contributed by atoms with Crippen molar-refractivity contribution in [3.63, 3.8) is 0 Å². The Morgan fingerprint density at radius 1 is 1.38 bits per heavy atom. The standard InChI is InChI=1S/C12H22F2N2/c1-3-10(2)16-7-5-11(9-16)8-15-6-4-12(11,13)14/h10,15H,3-9H2,1-2H3/t10?,11-/m1/s1. The molecule has 0 aromatic carbocycles. The molecule has 0 saturated carbocycles. The highest BCUT2D eigenvalue weighted by atomic mass is 19.3. The van der Waals surface area contributed by atoms with Crippen molar-refractivity contribution in [2.24, 2.45) is 5.41 Å². The van der Waals surface area contributed by atoms with Crippen molar-refractivity contribution < 1.29 is 8.78 Å². The summed E-state index contributed by atoms with van der Waals surface area (Å²) in [6.45, 7) is 6.57. The van der Waals surface area contributed by atoms with Gasteiger partial charge in [-0.1, -0.05) is 6.92 Å². The minimum atomic E-state index is -2.49. The smallest absolute Gasteiger partial charge is 0.257 e. The fourth-order valence-corrected chi connectivity index (χ4v) is 2.95. The average Bonchev–Trinajstić information content (AvgIpc) is 2.68. The highest BCUT2D eigenvalue weighted by Crippen LogP contribution is 2.47. The van der Waals surface area contributed by atoms with Gasteiger partial charge in [-0.15, -0.1) is 0 Å². The van der Waals surface area contributed by atoms with Gasteiger partial charge >= 0.3 is 0 Å². The molecule has 2 aliphatic heterocycles. The number of hydrogen-bond acceptors (Lipinski definition) is 2. The van der Waals surface area contributed by atoms with Gasteiger partial charge in [0.05, 0.1) is 5.41 Å². The summed E-state index contributed by atoms with van der Waals surface area (Å²) in [4.78, 5) is 2.22. The number of piperidine rings is 1. The van der Waals surface area contributed by atoms with Crippen LogP contribution in [0.3, 0.4) is 0 Å². The Balaban J connectivity index is 2.09. The molecule has 0 aromatic heterocycles. The van der Waals surface area contributed by atoms with E-state index in [2.05, 4.69) is 24.1 Å². The van der Waals surface area contributed by atoms with Gasteiger partial charge in [0.2, 0.25) is 0 Å². The molecule has 2 heterocycles. The molecule has 2 atom stereocenters. The second-order valence-electron chi connectivity index (χ2n) is 5.39. The fraction of sp³-hybridized carbons (Fsp3) is 1.00. The van der Waals surface area contributed by atoms with Gasteiger partial charge in [-0.3, -0.25) is 4.90 Å². The molecule has 0 aliphatic carbocycles. The van der Waals surface area contributed by atoms with E-state index < -0.39 is 11.3 Å². The molecule has 16 heavy (non-hydrogen) atoms. The summed E-state index contributed by atoms with van der Waals surface area (Å²) < 4.78 is 28.1. The van der Waals surface area contributed by atoms with E-state index in [1.807, 2.05) is 0 Å². The van der Waals surface area contributed by atoms with Crippen LogP contribution in [0.25, 0.3) is 0 Å². The predicted molar refractivity (Wildman–Crippen MR) is 60.8 cm³/mol. The monoisotopic (exact) mass is 232 g/mol. The Kier molecular flexibility index (Phi) is 3.23. The molecular weight excluding hydrogens is 210 g/mol. The molecule has 0 bridgehead atoms. The van der Waals surface area contributed by atoms with Crippen molar-refractivity contribution in [2.75, 3.05) is 26.2 Å². The van der Waals surface area contributed by atoms with Crippen LogP contribution in [-0.4, -0.2) is 43.0 Å². The quantitative estimate of drug-likeness (QED) is 0.784.